The van der Waals surface area contributed by atoms with Crippen molar-refractivity contribution in [3.63, 3.8) is 0 Å². The molecule has 3 unspecified atom stereocenters. The number of aryl methyl sites for hydroxylation is 1. The van der Waals surface area contributed by atoms with E-state index in [4.69, 9.17) is 4.74 Å². The summed E-state index contributed by atoms with van der Waals surface area (Å²) in [6, 6.07) is 10.7. The fourth-order valence-corrected chi connectivity index (χ4v) is 4.25. The summed E-state index contributed by atoms with van der Waals surface area (Å²) in [6.45, 7) is 2.04. The van der Waals surface area contributed by atoms with Crippen LogP contribution in [-0.2, 0) is 0 Å². The highest BCUT2D eigenvalue weighted by Gasteiger charge is 2.39. The molecule has 2 aliphatic rings. The third-order valence-electron chi connectivity index (χ3n) is 4.66. The summed E-state index contributed by atoms with van der Waals surface area (Å²) in [4.78, 5) is 12.4. The Kier molecular flexibility index (Phi) is 3.83. The van der Waals surface area contributed by atoms with Crippen LogP contribution in [0.4, 0.5) is 0 Å². The Morgan fingerprint density at radius 2 is 2.13 bits per heavy atom. The lowest BCUT2D eigenvalue weighted by atomic mass is 9.95. The van der Waals surface area contributed by atoms with Gasteiger partial charge in [-0.15, -0.1) is 11.3 Å². The lowest BCUT2D eigenvalue weighted by Gasteiger charge is -2.21. The van der Waals surface area contributed by atoms with E-state index in [1.807, 2.05) is 37.3 Å². The number of hydrogen-bond acceptors (Lipinski definition) is 4. The molecule has 4 nitrogen and oxygen atoms in total. The SMILES string of the molecule is Cc1csc(Oc2ccc(C(=O)NC3CC4CCC3N4)cc2)c1. The first-order valence-electron chi connectivity index (χ1n) is 8.07. The lowest BCUT2D eigenvalue weighted by molar-refractivity contribution is 0.0931. The van der Waals surface area contributed by atoms with E-state index in [-0.39, 0.29) is 11.9 Å². The summed E-state index contributed by atoms with van der Waals surface area (Å²) < 4.78 is 5.78. The molecule has 0 spiro atoms. The van der Waals surface area contributed by atoms with Crippen molar-refractivity contribution in [3.8, 4) is 10.8 Å². The van der Waals surface area contributed by atoms with E-state index in [1.54, 1.807) is 11.3 Å². The molecule has 3 atom stereocenters. The fraction of sp³-hybridized carbons (Fsp3) is 0.389. The van der Waals surface area contributed by atoms with Gasteiger partial charge in [0, 0.05) is 23.7 Å². The quantitative estimate of drug-likeness (QED) is 0.903. The van der Waals surface area contributed by atoms with Gasteiger partial charge < -0.3 is 15.4 Å². The van der Waals surface area contributed by atoms with Gasteiger partial charge in [0.25, 0.3) is 5.91 Å². The van der Waals surface area contributed by atoms with Crippen molar-refractivity contribution < 1.29 is 9.53 Å². The first-order chi connectivity index (χ1) is 11.2. The summed E-state index contributed by atoms with van der Waals surface area (Å²) >= 11 is 1.57. The number of ether oxygens (including phenoxy) is 1. The summed E-state index contributed by atoms with van der Waals surface area (Å²) in [6.07, 6.45) is 3.46. The van der Waals surface area contributed by atoms with E-state index < -0.39 is 0 Å². The molecule has 2 aromatic rings. The van der Waals surface area contributed by atoms with Crippen molar-refractivity contribution in [2.24, 2.45) is 0 Å². The average Bonchev–Trinajstić information content (AvgIpc) is 3.25. The van der Waals surface area contributed by atoms with Crippen molar-refractivity contribution in [3.05, 3.63) is 46.8 Å². The van der Waals surface area contributed by atoms with Crippen molar-refractivity contribution in [1.82, 2.24) is 10.6 Å². The van der Waals surface area contributed by atoms with Gasteiger partial charge in [-0.3, -0.25) is 4.79 Å². The van der Waals surface area contributed by atoms with Gasteiger partial charge in [-0.05, 0) is 67.5 Å². The second-order valence-electron chi connectivity index (χ2n) is 6.43. The Morgan fingerprint density at radius 1 is 1.30 bits per heavy atom. The maximum absolute atomic E-state index is 12.4. The Bertz CT molecular complexity index is 710. The highest BCUT2D eigenvalue weighted by atomic mass is 32.1. The van der Waals surface area contributed by atoms with E-state index in [9.17, 15) is 4.79 Å². The Balaban J connectivity index is 1.38. The minimum absolute atomic E-state index is 0.00266. The molecular weight excluding hydrogens is 308 g/mol. The van der Waals surface area contributed by atoms with E-state index in [1.165, 1.54) is 18.4 Å². The van der Waals surface area contributed by atoms with E-state index in [0.29, 0.717) is 17.6 Å². The highest BCUT2D eigenvalue weighted by molar-refractivity contribution is 7.12. The van der Waals surface area contributed by atoms with E-state index in [2.05, 4.69) is 16.0 Å². The molecule has 0 saturated carbocycles. The number of rotatable bonds is 4. The van der Waals surface area contributed by atoms with Gasteiger partial charge in [0.1, 0.15) is 5.75 Å². The first-order valence-corrected chi connectivity index (χ1v) is 8.95. The number of fused-ring (bicyclic) bond motifs is 2. The highest BCUT2D eigenvalue weighted by Crippen LogP contribution is 2.29. The second kappa shape index (κ2) is 5.98. The third-order valence-corrected chi connectivity index (χ3v) is 5.58. The molecule has 120 valence electrons. The normalized spacial score (nSPS) is 25.5. The number of carbonyl (C=O) groups is 1. The molecule has 0 radical (unpaired) electrons. The van der Waals surface area contributed by atoms with Crippen LogP contribution in [0.1, 0.15) is 35.2 Å². The van der Waals surface area contributed by atoms with Gasteiger partial charge in [0.05, 0.1) is 0 Å². The molecule has 2 saturated heterocycles. The van der Waals surface area contributed by atoms with Crippen LogP contribution in [0.15, 0.2) is 35.7 Å². The molecule has 1 amide bonds. The zero-order valence-corrected chi connectivity index (χ0v) is 13.9. The Labute approximate surface area is 139 Å². The predicted octanol–water partition coefficient (Wildman–Crippen LogP) is 3.47. The molecular formula is C18H20N2O2S. The summed E-state index contributed by atoms with van der Waals surface area (Å²) in [7, 11) is 0. The van der Waals surface area contributed by atoms with Crippen LogP contribution in [-0.4, -0.2) is 24.0 Å². The number of carbonyl (C=O) groups excluding carboxylic acids is 1. The molecule has 2 N–H and O–H groups in total. The van der Waals surface area contributed by atoms with E-state index >= 15 is 0 Å². The molecule has 2 aliphatic heterocycles. The summed E-state index contributed by atoms with van der Waals surface area (Å²) in [5.41, 5.74) is 1.88. The predicted molar refractivity (Wildman–Crippen MR) is 91.4 cm³/mol. The average molecular weight is 328 g/mol. The molecule has 2 bridgehead atoms. The van der Waals surface area contributed by atoms with Gasteiger partial charge in [0.15, 0.2) is 5.06 Å². The molecule has 3 heterocycles. The zero-order chi connectivity index (χ0) is 15.8. The van der Waals surface area contributed by atoms with Gasteiger partial charge >= 0.3 is 0 Å². The van der Waals surface area contributed by atoms with Gasteiger partial charge in [-0.2, -0.15) is 0 Å². The summed E-state index contributed by atoms with van der Waals surface area (Å²) in [5, 5.41) is 9.62. The summed E-state index contributed by atoms with van der Waals surface area (Å²) in [5.74, 6) is 0.757. The zero-order valence-electron chi connectivity index (χ0n) is 13.0. The molecule has 0 aliphatic carbocycles. The second-order valence-corrected chi connectivity index (χ2v) is 7.31. The van der Waals surface area contributed by atoms with Crippen molar-refractivity contribution >= 4 is 17.2 Å². The van der Waals surface area contributed by atoms with Gasteiger partial charge in [-0.1, -0.05) is 0 Å². The molecule has 1 aromatic carbocycles. The number of amides is 1. The Morgan fingerprint density at radius 3 is 2.74 bits per heavy atom. The van der Waals surface area contributed by atoms with Crippen LogP contribution in [0.25, 0.3) is 0 Å². The largest absolute Gasteiger partial charge is 0.447 e. The van der Waals surface area contributed by atoms with Crippen LogP contribution in [0.3, 0.4) is 0 Å². The van der Waals surface area contributed by atoms with Crippen LogP contribution in [0.2, 0.25) is 0 Å². The van der Waals surface area contributed by atoms with Gasteiger partial charge in [-0.25, -0.2) is 0 Å². The number of thiophene rings is 1. The number of nitrogens with one attached hydrogen (secondary N) is 2. The minimum atomic E-state index is 0.00266. The monoisotopic (exact) mass is 328 g/mol. The van der Waals surface area contributed by atoms with Crippen molar-refractivity contribution in [1.29, 1.82) is 0 Å². The van der Waals surface area contributed by atoms with E-state index in [0.717, 1.165) is 17.2 Å². The Hall–Kier alpha value is -1.85. The van der Waals surface area contributed by atoms with Crippen molar-refractivity contribution in [2.45, 2.75) is 44.3 Å². The maximum Gasteiger partial charge on any atom is 0.251 e. The smallest absolute Gasteiger partial charge is 0.251 e. The maximum atomic E-state index is 12.4. The minimum Gasteiger partial charge on any atom is -0.447 e. The van der Waals surface area contributed by atoms with Crippen LogP contribution in [0.5, 0.6) is 10.8 Å². The molecule has 1 aromatic heterocycles. The number of hydrogen-bond donors (Lipinski definition) is 2. The third kappa shape index (κ3) is 3.12. The molecule has 2 fully saturated rings. The molecule has 5 heteroatoms. The van der Waals surface area contributed by atoms with Crippen LogP contribution < -0.4 is 15.4 Å². The van der Waals surface area contributed by atoms with Crippen LogP contribution in [0, 0.1) is 6.92 Å². The topological polar surface area (TPSA) is 50.4 Å². The molecule has 23 heavy (non-hydrogen) atoms. The van der Waals surface area contributed by atoms with Crippen molar-refractivity contribution in [2.75, 3.05) is 0 Å². The first kappa shape index (κ1) is 14.7. The fourth-order valence-electron chi connectivity index (χ4n) is 3.48. The van der Waals surface area contributed by atoms with Crippen LogP contribution >= 0.6 is 11.3 Å². The standard InChI is InChI=1S/C18H20N2O2S/c1-11-8-17(23-10-11)22-14-5-2-12(3-6-14)18(21)20-16-9-13-4-7-15(16)19-13/h2-3,5-6,8,10,13,15-16,19H,4,7,9H2,1H3,(H,20,21). The van der Waals surface area contributed by atoms with Gasteiger partial charge in [0.2, 0.25) is 0 Å². The number of benzene rings is 1. The molecule has 4 rings (SSSR count). The lowest BCUT2D eigenvalue weighted by Crippen LogP contribution is -2.42.